The van der Waals surface area contributed by atoms with Crippen molar-refractivity contribution in [1.29, 1.82) is 0 Å². The van der Waals surface area contributed by atoms with Crippen LogP contribution >= 0.6 is 11.8 Å². The van der Waals surface area contributed by atoms with Crippen molar-refractivity contribution in [2.24, 2.45) is 11.7 Å². The van der Waals surface area contributed by atoms with E-state index in [1.807, 2.05) is 0 Å². The zero-order valence-corrected chi connectivity index (χ0v) is 15.6. The number of carbonyl (C=O) groups excluding carboxylic acids is 3. The van der Waals surface area contributed by atoms with Gasteiger partial charge < -0.3 is 20.5 Å². The fourth-order valence-corrected chi connectivity index (χ4v) is 3.23. The quantitative estimate of drug-likeness (QED) is 0.341. The summed E-state index contributed by atoms with van der Waals surface area (Å²) in [6, 6.07) is 2.54. The number of anilines is 1. The second-order valence-corrected chi connectivity index (χ2v) is 5.74. The normalized spacial score (nSPS) is 16.8. The average Bonchev–Trinajstić information content (AvgIpc) is 2.47. The number of fused-ring (bicyclic) bond motifs is 1. The third-order valence-corrected chi connectivity index (χ3v) is 4.40. The second-order valence-electron chi connectivity index (χ2n) is 4.61. The summed E-state index contributed by atoms with van der Waals surface area (Å²) < 4.78 is 14.1. The summed E-state index contributed by atoms with van der Waals surface area (Å²) in [5.74, 6) is -5.90. The molecule has 9 heteroatoms. The molecule has 2 rings (SSSR count). The van der Waals surface area contributed by atoms with Gasteiger partial charge in [-0.05, 0) is 19.1 Å². The zero-order chi connectivity index (χ0) is 16.4. The molecule has 1 amide bonds. The number of carbonyl (C=O) groups is 3. The molecule has 0 saturated heterocycles. The molecule has 0 bridgehead atoms. The smallest absolute Gasteiger partial charge is 0.549 e. The van der Waals surface area contributed by atoms with Crippen molar-refractivity contribution < 1.29 is 53.4 Å². The van der Waals surface area contributed by atoms with E-state index in [2.05, 4.69) is 0 Å². The van der Waals surface area contributed by atoms with Crippen molar-refractivity contribution in [2.75, 3.05) is 23.7 Å². The van der Waals surface area contributed by atoms with Crippen LogP contribution in [0.3, 0.4) is 0 Å². The Morgan fingerprint density at radius 2 is 2.09 bits per heavy atom. The molecule has 118 valence electrons. The third kappa shape index (κ3) is 3.61. The van der Waals surface area contributed by atoms with Crippen LogP contribution in [0.1, 0.15) is 17.3 Å². The summed E-state index contributed by atoms with van der Waals surface area (Å²) in [6.45, 7) is 1.96. The van der Waals surface area contributed by atoms with E-state index in [0.717, 1.165) is 11.0 Å². The van der Waals surface area contributed by atoms with Crippen LogP contribution in [0, 0.1) is 11.7 Å². The molecular formula is C14H14FN2NaO4S. The predicted octanol–water partition coefficient (Wildman–Crippen LogP) is -3.20. The van der Waals surface area contributed by atoms with Gasteiger partial charge in [-0.2, -0.15) is 0 Å². The van der Waals surface area contributed by atoms with E-state index >= 15 is 0 Å². The SMILES string of the molecule is CCN1C(=O)C(C(=O)[O-])C(=O)c2c(SCCN)ccc(F)c21.[Na+]. The molecular weight excluding hydrogens is 334 g/mol. The Labute approximate surface area is 158 Å². The van der Waals surface area contributed by atoms with Crippen molar-refractivity contribution in [3.05, 3.63) is 23.5 Å². The Morgan fingerprint density at radius 3 is 2.61 bits per heavy atom. The van der Waals surface area contributed by atoms with Crippen LogP contribution in [0.2, 0.25) is 0 Å². The maximum Gasteiger partial charge on any atom is 1.00 e. The summed E-state index contributed by atoms with van der Waals surface area (Å²) in [4.78, 5) is 37.1. The number of aliphatic carboxylic acids is 1. The van der Waals surface area contributed by atoms with Gasteiger partial charge in [-0.1, -0.05) is 0 Å². The standard InChI is InChI=1S/C14H15FN2O4S.Na/c1-2-17-11-7(15)3-4-8(22-6-5-16)9(11)12(18)10(13(17)19)14(20)21;/h3-4,10H,2,5-6,16H2,1H3,(H,20,21);/q;+1/p-1. The monoisotopic (exact) mass is 348 g/mol. The van der Waals surface area contributed by atoms with Crippen LogP contribution in [-0.2, 0) is 9.59 Å². The van der Waals surface area contributed by atoms with E-state index in [1.54, 1.807) is 6.92 Å². The van der Waals surface area contributed by atoms with E-state index in [4.69, 9.17) is 5.73 Å². The number of nitrogens with zero attached hydrogens (tertiary/aromatic N) is 1. The number of benzene rings is 1. The number of hydrogen-bond acceptors (Lipinski definition) is 6. The Balaban J connectivity index is 0.00000264. The van der Waals surface area contributed by atoms with E-state index in [0.29, 0.717) is 17.2 Å². The van der Waals surface area contributed by atoms with Crippen LogP contribution in [-0.4, -0.2) is 36.5 Å². The first-order chi connectivity index (χ1) is 10.4. The number of ketones is 1. The molecule has 0 saturated carbocycles. The Bertz CT molecular complexity index is 656. The molecule has 1 aromatic carbocycles. The van der Waals surface area contributed by atoms with Crippen molar-refractivity contribution in [2.45, 2.75) is 11.8 Å². The Hall–Kier alpha value is -0.930. The summed E-state index contributed by atoms with van der Waals surface area (Å²) in [7, 11) is 0. The molecule has 0 spiro atoms. The van der Waals surface area contributed by atoms with Gasteiger partial charge in [-0.3, -0.25) is 9.59 Å². The Kier molecular flexibility index (Phi) is 7.22. The number of hydrogen-bond donors (Lipinski definition) is 1. The maximum absolute atomic E-state index is 14.1. The summed E-state index contributed by atoms with van der Waals surface area (Å²) in [6.07, 6.45) is 0. The van der Waals surface area contributed by atoms with Crippen molar-refractivity contribution in [3.8, 4) is 0 Å². The molecule has 2 N–H and O–H groups in total. The van der Waals surface area contributed by atoms with Gasteiger partial charge in [0.05, 0.1) is 17.2 Å². The van der Waals surface area contributed by atoms with Crippen molar-refractivity contribution in [1.82, 2.24) is 0 Å². The van der Waals surface area contributed by atoms with E-state index in [-0.39, 0.29) is 47.4 Å². The van der Waals surface area contributed by atoms with Gasteiger partial charge in [0.2, 0.25) is 5.91 Å². The molecule has 1 heterocycles. The summed E-state index contributed by atoms with van der Waals surface area (Å²) in [5.41, 5.74) is 5.16. The van der Waals surface area contributed by atoms with Crippen LogP contribution in [0.25, 0.3) is 0 Å². The Morgan fingerprint density at radius 1 is 1.43 bits per heavy atom. The molecule has 1 atom stereocenters. The number of carboxylic acids is 1. The second kappa shape index (κ2) is 8.25. The van der Waals surface area contributed by atoms with Gasteiger partial charge in [0.15, 0.2) is 5.78 Å². The number of thioether (sulfide) groups is 1. The first-order valence-corrected chi connectivity index (χ1v) is 7.64. The number of halogens is 1. The van der Waals surface area contributed by atoms with Crippen molar-refractivity contribution in [3.63, 3.8) is 0 Å². The van der Waals surface area contributed by atoms with Crippen LogP contribution in [0.15, 0.2) is 17.0 Å². The maximum atomic E-state index is 14.1. The number of carboxylic acid groups (broad SMARTS) is 1. The first kappa shape index (κ1) is 20.1. The van der Waals surface area contributed by atoms with Gasteiger partial charge in [-0.25, -0.2) is 4.39 Å². The topological polar surface area (TPSA) is 104 Å². The number of amides is 1. The van der Waals surface area contributed by atoms with Crippen LogP contribution < -0.4 is 45.3 Å². The number of nitrogens with two attached hydrogens (primary N) is 1. The summed E-state index contributed by atoms with van der Waals surface area (Å²) >= 11 is 1.21. The van der Waals surface area contributed by atoms with Gasteiger partial charge >= 0.3 is 29.6 Å². The minimum absolute atomic E-state index is 0. The zero-order valence-electron chi connectivity index (χ0n) is 12.8. The fourth-order valence-electron chi connectivity index (χ4n) is 2.38. The van der Waals surface area contributed by atoms with Gasteiger partial charge in [0, 0.05) is 23.7 Å². The molecule has 6 nitrogen and oxygen atoms in total. The van der Waals surface area contributed by atoms with Crippen LogP contribution in [0.4, 0.5) is 10.1 Å². The van der Waals surface area contributed by atoms with Gasteiger partial charge in [-0.15, -0.1) is 11.8 Å². The van der Waals surface area contributed by atoms with Gasteiger partial charge in [0.25, 0.3) is 0 Å². The number of Topliss-reactive ketones (excluding diaryl/α,β-unsaturated/α-hetero) is 1. The predicted molar refractivity (Wildman–Crippen MR) is 77.0 cm³/mol. The molecule has 23 heavy (non-hydrogen) atoms. The molecule has 0 aromatic heterocycles. The van der Waals surface area contributed by atoms with E-state index in [9.17, 15) is 23.9 Å². The third-order valence-electron chi connectivity index (χ3n) is 3.31. The largest absolute Gasteiger partial charge is 1.00 e. The van der Waals surface area contributed by atoms with Gasteiger partial charge in [0.1, 0.15) is 11.7 Å². The molecule has 1 aliphatic heterocycles. The fraction of sp³-hybridized carbons (Fsp3) is 0.357. The molecule has 1 aliphatic rings. The summed E-state index contributed by atoms with van der Waals surface area (Å²) in [5, 5.41) is 11.2. The van der Waals surface area contributed by atoms with E-state index in [1.165, 1.54) is 17.8 Å². The number of rotatable bonds is 5. The molecule has 0 radical (unpaired) electrons. The minimum atomic E-state index is -1.94. The molecule has 1 aromatic rings. The molecule has 1 unspecified atom stereocenters. The molecule has 0 fully saturated rings. The minimum Gasteiger partial charge on any atom is -0.549 e. The average molecular weight is 348 g/mol. The van der Waals surface area contributed by atoms with Crippen molar-refractivity contribution >= 4 is 35.1 Å². The van der Waals surface area contributed by atoms with E-state index < -0.39 is 29.4 Å². The van der Waals surface area contributed by atoms with Crippen LogP contribution in [0.5, 0.6) is 0 Å². The first-order valence-electron chi connectivity index (χ1n) is 6.65. The molecule has 0 aliphatic carbocycles.